The Morgan fingerprint density at radius 2 is 2.25 bits per heavy atom. The molecule has 1 N–H and O–H groups in total. The minimum atomic E-state index is -0.143. The van der Waals surface area contributed by atoms with E-state index in [4.69, 9.17) is 5.26 Å². The van der Waals surface area contributed by atoms with E-state index in [9.17, 15) is 4.79 Å². The van der Waals surface area contributed by atoms with Gasteiger partial charge in [-0.05, 0) is 38.0 Å². The van der Waals surface area contributed by atoms with Crippen molar-refractivity contribution >= 4 is 17.4 Å². The van der Waals surface area contributed by atoms with Crippen molar-refractivity contribution in [3.8, 4) is 6.07 Å². The molecule has 1 heterocycles. The lowest BCUT2D eigenvalue weighted by Gasteiger charge is -2.24. The molecule has 0 aliphatic heterocycles. The molecule has 126 valence electrons. The number of nitrogens with one attached hydrogen (secondary N) is 1. The Morgan fingerprint density at radius 1 is 1.50 bits per heavy atom. The molecule has 0 spiro atoms. The molecule has 6 heteroatoms. The van der Waals surface area contributed by atoms with Crippen LogP contribution in [0.15, 0.2) is 24.3 Å². The highest BCUT2D eigenvalue weighted by Crippen LogP contribution is 2.28. The van der Waals surface area contributed by atoms with Gasteiger partial charge < -0.3 is 10.2 Å². The number of nitriles is 1. The van der Waals surface area contributed by atoms with Gasteiger partial charge in [0.25, 0.3) is 0 Å². The molecule has 0 radical (unpaired) electrons. The molecule has 0 aliphatic rings. The maximum Gasteiger partial charge on any atom is 0.317 e. The summed E-state index contributed by atoms with van der Waals surface area (Å²) in [6, 6.07) is 9.17. The normalized spacial score (nSPS) is 11.6. The number of hydrogen-bond acceptors (Lipinski definition) is 4. The summed E-state index contributed by atoms with van der Waals surface area (Å²) < 4.78 is 0. The van der Waals surface area contributed by atoms with Crippen LogP contribution in [-0.2, 0) is 13.0 Å². The Kier molecular flexibility index (Phi) is 5.93. The van der Waals surface area contributed by atoms with Crippen molar-refractivity contribution < 1.29 is 4.79 Å². The second kappa shape index (κ2) is 7.93. The lowest BCUT2D eigenvalue weighted by atomic mass is 10.1. The lowest BCUT2D eigenvalue weighted by molar-refractivity contribution is 0.194. The van der Waals surface area contributed by atoms with E-state index in [-0.39, 0.29) is 12.1 Å². The Bertz CT molecular complexity index is 763. The number of carbonyl (C=O) groups excluding carboxylic acids is 1. The van der Waals surface area contributed by atoms with E-state index >= 15 is 0 Å². The van der Waals surface area contributed by atoms with Crippen LogP contribution in [0.2, 0.25) is 0 Å². The minimum absolute atomic E-state index is 0.0340. The van der Waals surface area contributed by atoms with Gasteiger partial charge in [0.15, 0.2) is 0 Å². The number of thiazole rings is 1. The van der Waals surface area contributed by atoms with Crippen molar-refractivity contribution in [2.45, 2.75) is 39.8 Å². The fourth-order valence-electron chi connectivity index (χ4n) is 2.41. The van der Waals surface area contributed by atoms with Crippen LogP contribution in [0.4, 0.5) is 4.79 Å². The third kappa shape index (κ3) is 4.12. The van der Waals surface area contributed by atoms with Gasteiger partial charge in [-0.2, -0.15) is 5.26 Å². The first-order valence-electron chi connectivity index (χ1n) is 7.92. The van der Waals surface area contributed by atoms with Gasteiger partial charge in [0.05, 0.1) is 28.4 Å². The van der Waals surface area contributed by atoms with Gasteiger partial charge >= 0.3 is 6.03 Å². The molecule has 1 aromatic carbocycles. The van der Waals surface area contributed by atoms with E-state index in [1.165, 1.54) is 0 Å². The number of hydrogen-bond donors (Lipinski definition) is 1. The predicted octanol–water partition coefficient (Wildman–Crippen LogP) is 3.79. The standard InChI is InChI=1S/C18H22N4OS/c1-5-16-21-12(2)17(24-16)13(3)22(4)18(23)20-11-15-8-6-7-14(9-15)10-19/h6-9,13H,5,11H2,1-4H3,(H,20,23)/t13-/m0/s1. The van der Waals surface area contributed by atoms with Gasteiger partial charge in [-0.25, -0.2) is 9.78 Å². The smallest absolute Gasteiger partial charge is 0.317 e. The molecule has 0 bridgehead atoms. The van der Waals surface area contributed by atoms with Crippen LogP contribution >= 0.6 is 11.3 Å². The van der Waals surface area contributed by atoms with Crippen LogP contribution in [0.3, 0.4) is 0 Å². The van der Waals surface area contributed by atoms with Crippen molar-refractivity contribution in [3.63, 3.8) is 0 Å². The molecule has 0 saturated carbocycles. The number of amides is 2. The van der Waals surface area contributed by atoms with Crippen molar-refractivity contribution in [2.24, 2.45) is 0 Å². The van der Waals surface area contributed by atoms with Gasteiger partial charge in [0.2, 0.25) is 0 Å². The summed E-state index contributed by atoms with van der Waals surface area (Å²) >= 11 is 1.66. The fourth-order valence-corrected chi connectivity index (χ4v) is 3.51. The number of aryl methyl sites for hydroxylation is 2. The molecule has 0 unspecified atom stereocenters. The summed E-state index contributed by atoms with van der Waals surface area (Å²) in [4.78, 5) is 19.8. The topological polar surface area (TPSA) is 69.0 Å². The first kappa shape index (κ1) is 18.0. The molecule has 0 fully saturated rings. The summed E-state index contributed by atoms with van der Waals surface area (Å²) in [5.74, 6) is 0. The van der Waals surface area contributed by atoms with Crippen LogP contribution in [-0.4, -0.2) is 23.0 Å². The molecule has 2 aromatic rings. The molecule has 1 aromatic heterocycles. The zero-order valence-electron chi connectivity index (χ0n) is 14.5. The average Bonchev–Trinajstić information content (AvgIpc) is 2.99. The lowest BCUT2D eigenvalue weighted by Crippen LogP contribution is -2.38. The average molecular weight is 342 g/mol. The monoisotopic (exact) mass is 342 g/mol. The Labute approximate surface area is 146 Å². The first-order chi connectivity index (χ1) is 11.5. The number of nitrogens with zero attached hydrogens (tertiary/aromatic N) is 3. The molecule has 0 aliphatic carbocycles. The first-order valence-corrected chi connectivity index (χ1v) is 8.73. The summed E-state index contributed by atoms with van der Waals surface area (Å²) in [5, 5.41) is 12.9. The van der Waals surface area contributed by atoms with Crippen molar-refractivity contribution in [3.05, 3.63) is 51.0 Å². The van der Waals surface area contributed by atoms with E-state index in [2.05, 4.69) is 23.3 Å². The maximum atomic E-state index is 12.4. The molecular weight excluding hydrogens is 320 g/mol. The van der Waals surface area contributed by atoms with Crippen molar-refractivity contribution in [1.82, 2.24) is 15.2 Å². The summed E-state index contributed by atoms with van der Waals surface area (Å²) in [5.41, 5.74) is 2.49. The van der Waals surface area contributed by atoms with Crippen molar-refractivity contribution in [1.29, 1.82) is 5.26 Å². The highest BCUT2D eigenvalue weighted by atomic mass is 32.1. The molecule has 2 amide bonds. The second-order valence-electron chi connectivity index (χ2n) is 5.67. The number of rotatable bonds is 5. The third-order valence-corrected chi connectivity index (χ3v) is 5.43. The van der Waals surface area contributed by atoms with E-state index in [0.29, 0.717) is 12.1 Å². The predicted molar refractivity (Wildman–Crippen MR) is 95.8 cm³/mol. The van der Waals surface area contributed by atoms with E-state index in [1.807, 2.05) is 26.0 Å². The SMILES string of the molecule is CCc1nc(C)c([C@H](C)N(C)C(=O)NCc2cccc(C#N)c2)s1. The highest BCUT2D eigenvalue weighted by Gasteiger charge is 2.21. The van der Waals surface area contributed by atoms with Crippen LogP contribution in [0.5, 0.6) is 0 Å². The third-order valence-electron chi connectivity index (χ3n) is 3.96. The molecule has 5 nitrogen and oxygen atoms in total. The van der Waals surface area contributed by atoms with E-state index < -0.39 is 0 Å². The number of carbonyl (C=O) groups is 1. The largest absolute Gasteiger partial charge is 0.334 e. The number of urea groups is 1. The minimum Gasteiger partial charge on any atom is -0.334 e. The quantitative estimate of drug-likeness (QED) is 0.899. The van der Waals surface area contributed by atoms with Crippen molar-refractivity contribution in [2.75, 3.05) is 7.05 Å². The molecule has 0 saturated heterocycles. The number of benzene rings is 1. The molecule has 24 heavy (non-hydrogen) atoms. The van der Waals surface area contributed by atoms with Gasteiger partial charge in [-0.15, -0.1) is 11.3 Å². The highest BCUT2D eigenvalue weighted by molar-refractivity contribution is 7.11. The van der Waals surface area contributed by atoms with Crippen LogP contribution in [0.25, 0.3) is 0 Å². The van der Waals surface area contributed by atoms with Gasteiger partial charge in [0, 0.05) is 18.5 Å². The Morgan fingerprint density at radius 3 is 2.88 bits per heavy atom. The summed E-state index contributed by atoms with van der Waals surface area (Å²) in [7, 11) is 1.79. The van der Waals surface area contributed by atoms with E-state index in [0.717, 1.165) is 27.6 Å². The molecule has 2 rings (SSSR count). The second-order valence-corrected chi connectivity index (χ2v) is 6.78. The Balaban J connectivity index is 2.00. The van der Waals surface area contributed by atoms with Crippen LogP contribution in [0, 0.1) is 18.3 Å². The number of aromatic nitrogens is 1. The van der Waals surface area contributed by atoms with Gasteiger partial charge in [-0.3, -0.25) is 0 Å². The zero-order valence-corrected chi connectivity index (χ0v) is 15.3. The van der Waals surface area contributed by atoms with Crippen LogP contribution < -0.4 is 5.32 Å². The summed E-state index contributed by atoms with van der Waals surface area (Å²) in [6.45, 7) is 6.47. The zero-order chi connectivity index (χ0) is 17.7. The fraction of sp³-hybridized carbons (Fsp3) is 0.389. The molecule has 1 atom stereocenters. The van der Waals surface area contributed by atoms with Gasteiger partial charge in [-0.1, -0.05) is 19.1 Å². The van der Waals surface area contributed by atoms with E-state index in [1.54, 1.807) is 35.4 Å². The van der Waals surface area contributed by atoms with Crippen LogP contribution in [0.1, 0.15) is 46.6 Å². The molecular formula is C18H22N4OS. The Hall–Kier alpha value is -2.39. The maximum absolute atomic E-state index is 12.4. The summed E-state index contributed by atoms with van der Waals surface area (Å²) in [6.07, 6.45) is 0.906. The van der Waals surface area contributed by atoms with Gasteiger partial charge in [0.1, 0.15) is 0 Å².